The molecule has 0 bridgehead atoms. The second kappa shape index (κ2) is 5.84. The van der Waals surface area contributed by atoms with Crippen LogP contribution in [-0.2, 0) is 6.42 Å². The van der Waals surface area contributed by atoms with E-state index in [1.807, 2.05) is 0 Å². The van der Waals surface area contributed by atoms with E-state index < -0.39 is 0 Å². The topological polar surface area (TPSA) is 4.93 Å². The van der Waals surface area contributed by atoms with Gasteiger partial charge < -0.3 is 4.57 Å². The van der Waals surface area contributed by atoms with Crippen molar-refractivity contribution in [1.82, 2.24) is 4.57 Å². The van der Waals surface area contributed by atoms with E-state index in [0.29, 0.717) is 0 Å². The predicted molar refractivity (Wildman–Crippen MR) is 127 cm³/mol. The summed E-state index contributed by atoms with van der Waals surface area (Å²) in [4.78, 5) is 0. The number of nitrogens with zero attached hydrogens (tertiary/aromatic N) is 1. The Morgan fingerprint density at radius 3 is 2.00 bits per heavy atom. The van der Waals surface area contributed by atoms with E-state index >= 15 is 0 Å². The molecule has 0 aliphatic heterocycles. The summed E-state index contributed by atoms with van der Waals surface area (Å²) in [6, 6.07) is 37.8. The van der Waals surface area contributed by atoms with Crippen LogP contribution >= 0.6 is 0 Å². The molecule has 5 aromatic carbocycles. The van der Waals surface area contributed by atoms with E-state index in [1.165, 1.54) is 60.5 Å². The van der Waals surface area contributed by atoms with E-state index in [1.54, 1.807) is 0 Å². The van der Waals surface area contributed by atoms with E-state index in [9.17, 15) is 0 Å². The summed E-state index contributed by atoms with van der Waals surface area (Å²) in [5.41, 5.74) is 9.33. The molecule has 0 radical (unpaired) electrons. The lowest BCUT2D eigenvalue weighted by atomic mass is 9.83. The molecule has 0 atom stereocenters. The molecule has 140 valence electrons. The molecular formula is C29H19N. The number of aromatic nitrogens is 1. The van der Waals surface area contributed by atoms with Gasteiger partial charge in [0.05, 0.1) is 11.0 Å². The molecular weight excluding hydrogens is 362 g/mol. The van der Waals surface area contributed by atoms with Crippen LogP contribution in [-0.4, -0.2) is 4.57 Å². The zero-order valence-corrected chi connectivity index (χ0v) is 16.5. The summed E-state index contributed by atoms with van der Waals surface area (Å²) in [6.45, 7) is 0. The molecule has 0 fully saturated rings. The van der Waals surface area contributed by atoms with Crippen molar-refractivity contribution in [2.24, 2.45) is 0 Å². The molecule has 1 heteroatoms. The third kappa shape index (κ3) is 2.07. The molecule has 1 heterocycles. The number of benzene rings is 5. The standard InChI is InChI=1S/C29H19N/c1-2-10-23-19(8-1)16-21-18-22(17-20-9-7-13-26(23)29(20)21)30-27-14-5-3-11-24(27)25-12-4-6-15-28(25)30/h1-15,17-18H,16H2. The van der Waals surface area contributed by atoms with Gasteiger partial charge in [-0.25, -0.2) is 0 Å². The van der Waals surface area contributed by atoms with Crippen LogP contribution in [0.2, 0.25) is 0 Å². The second-order valence-electron chi connectivity index (χ2n) is 8.21. The van der Waals surface area contributed by atoms with Gasteiger partial charge in [-0.15, -0.1) is 0 Å². The minimum Gasteiger partial charge on any atom is -0.309 e. The average molecular weight is 381 g/mol. The zero-order chi connectivity index (χ0) is 19.7. The summed E-state index contributed by atoms with van der Waals surface area (Å²) in [7, 11) is 0. The third-order valence-electron chi connectivity index (χ3n) is 6.57. The molecule has 1 nitrogen and oxygen atoms in total. The van der Waals surface area contributed by atoms with Crippen LogP contribution in [0.3, 0.4) is 0 Å². The molecule has 0 saturated heterocycles. The van der Waals surface area contributed by atoms with Gasteiger partial charge in [0.1, 0.15) is 0 Å². The lowest BCUT2D eigenvalue weighted by molar-refractivity contribution is 1.14. The fourth-order valence-electron chi connectivity index (χ4n) is 5.34. The van der Waals surface area contributed by atoms with Gasteiger partial charge in [-0.05, 0) is 63.7 Å². The fourth-order valence-corrected chi connectivity index (χ4v) is 5.34. The summed E-state index contributed by atoms with van der Waals surface area (Å²) >= 11 is 0. The molecule has 30 heavy (non-hydrogen) atoms. The summed E-state index contributed by atoms with van der Waals surface area (Å²) in [5.74, 6) is 0. The average Bonchev–Trinajstić information content (AvgIpc) is 3.14. The first-order valence-electron chi connectivity index (χ1n) is 10.5. The van der Waals surface area contributed by atoms with E-state index in [-0.39, 0.29) is 0 Å². The summed E-state index contributed by atoms with van der Waals surface area (Å²) in [5, 5.41) is 5.33. The second-order valence-corrected chi connectivity index (χ2v) is 8.21. The van der Waals surface area contributed by atoms with Gasteiger partial charge in [0, 0.05) is 16.5 Å². The monoisotopic (exact) mass is 381 g/mol. The molecule has 0 amide bonds. The van der Waals surface area contributed by atoms with Crippen LogP contribution in [0.15, 0.2) is 103 Å². The van der Waals surface area contributed by atoms with Crippen LogP contribution in [0.1, 0.15) is 11.1 Å². The van der Waals surface area contributed by atoms with Crippen molar-refractivity contribution in [3.8, 4) is 16.8 Å². The molecule has 6 aromatic rings. The number of hydrogen-bond acceptors (Lipinski definition) is 0. The van der Waals surface area contributed by atoms with Gasteiger partial charge in [0.2, 0.25) is 0 Å². The van der Waals surface area contributed by atoms with Crippen molar-refractivity contribution in [1.29, 1.82) is 0 Å². The normalized spacial score (nSPS) is 12.5. The van der Waals surface area contributed by atoms with Crippen molar-refractivity contribution < 1.29 is 0 Å². The van der Waals surface area contributed by atoms with Crippen molar-refractivity contribution in [3.63, 3.8) is 0 Å². The molecule has 0 spiro atoms. The first-order chi connectivity index (χ1) is 14.9. The third-order valence-corrected chi connectivity index (χ3v) is 6.57. The van der Waals surface area contributed by atoms with Crippen LogP contribution < -0.4 is 0 Å². The molecule has 1 aliphatic rings. The maximum absolute atomic E-state index is 2.42. The SMILES string of the molecule is c1ccc2c(c1)Cc1cc(-n3c4ccccc4c4ccccc43)cc3cccc-2c13. The lowest BCUT2D eigenvalue weighted by Crippen LogP contribution is -2.03. The largest absolute Gasteiger partial charge is 0.309 e. The maximum Gasteiger partial charge on any atom is 0.0541 e. The first kappa shape index (κ1) is 16.0. The van der Waals surface area contributed by atoms with E-state index in [2.05, 4.69) is 108 Å². The minimum absolute atomic E-state index is 0.981. The highest BCUT2D eigenvalue weighted by Gasteiger charge is 2.20. The summed E-state index contributed by atoms with van der Waals surface area (Å²) in [6.07, 6.45) is 0.981. The van der Waals surface area contributed by atoms with Crippen LogP contribution in [0.5, 0.6) is 0 Å². The Labute approximate surface area is 174 Å². The molecule has 1 aromatic heterocycles. The molecule has 1 aliphatic carbocycles. The van der Waals surface area contributed by atoms with Crippen LogP contribution in [0.4, 0.5) is 0 Å². The van der Waals surface area contributed by atoms with Gasteiger partial charge in [0.25, 0.3) is 0 Å². The number of hydrogen-bond donors (Lipinski definition) is 0. The van der Waals surface area contributed by atoms with E-state index in [0.717, 1.165) is 6.42 Å². The van der Waals surface area contributed by atoms with Crippen molar-refractivity contribution in [2.75, 3.05) is 0 Å². The minimum atomic E-state index is 0.981. The maximum atomic E-state index is 2.42. The van der Waals surface area contributed by atoms with Crippen molar-refractivity contribution >= 4 is 32.6 Å². The smallest absolute Gasteiger partial charge is 0.0541 e. The Morgan fingerprint density at radius 2 is 1.20 bits per heavy atom. The zero-order valence-electron chi connectivity index (χ0n) is 16.5. The molecule has 0 saturated carbocycles. The molecule has 0 N–H and O–H groups in total. The Bertz CT molecular complexity index is 1560. The number of rotatable bonds is 1. The van der Waals surface area contributed by atoms with Crippen LogP contribution in [0, 0.1) is 0 Å². The van der Waals surface area contributed by atoms with Gasteiger partial charge in [-0.1, -0.05) is 78.9 Å². The van der Waals surface area contributed by atoms with Gasteiger partial charge in [0.15, 0.2) is 0 Å². The Kier molecular flexibility index (Phi) is 3.12. The Balaban J connectivity index is 1.60. The predicted octanol–water partition coefficient (Wildman–Crippen LogP) is 7.51. The fraction of sp³-hybridized carbons (Fsp3) is 0.0345. The Morgan fingerprint density at radius 1 is 0.533 bits per heavy atom. The van der Waals surface area contributed by atoms with Gasteiger partial charge in [-0.2, -0.15) is 0 Å². The van der Waals surface area contributed by atoms with Gasteiger partial charge >= 0.3 is 0 Å². The molecule has 7 rings (SSSR count). The van der Waals surface area contributed by atoms with Crippen molar-refractivity contribution in [2.45, 2.75) is 6.42 Å². The number of para-hydroxylation sites is 2. The summed E-state index contributed by atoms with van der Waals surface area (Å²) < 4.78 is 2.42. The van der Waals surface area contributed by atoms with Crippen LogP contribution in [0.25, 0.3) is 49.4 Å². The van der Waals surface area contributed by atoms with Crippen molar-refractivity contribution in [3.05, 3.63) is 114 Å². The number of fused-ring (bicyclic) bond motifs is 5. The highest BCUT2D eigenvalue weighted by atomic mass is 15.0. The highest BCUT2D eigenvalue weighted by Crippen LogP contribution is 2.41. The highest BCUT2D eigenvalue weighted by molar-refractivity contribution is 6.10. The molecule has 0 unspecified atom stereocenters. The van der Waals surface area contributed by atoms with E-state index in [4.69, 9.17) is 0 Å². The lowest BCUT2D eigenvalue weighted by Gasteiger charge is -2.22. The quantitative estimate of drug-likeness (QED) is 0.277. The first-order valence-corrected chi connectivity index (χ1v) is 10.5. The van der Waals surface area contributed by atoms with Gasteiger partial charge in [-0.3, -0.25) is 0 Å². The Hall–Kier alpha value is -3.84.